The average molecular weight is 499 g/mol. The number of piperidine rings is 1. The highest BCUT2D eigenvalue weighted by molar-refractivity contribution is 5.80. The third-order valence-electron chi connectivity index (χ3n) is 8.69. The summed E-state index contributed by atoms with van der Waals surface area (Å²) >= 11 is 0. The molecule has 1 aromatic carbocycles. The van der Waals surface area contributed by atoms with Crippen LogP contribution in [0.4, 0.5) is 5.95 Å². The molecule has 9 nitrogen and oxygen atoms in total. The zero-order valence-electron chi connectivity index (χ0n) is 21.8. The average Bonchev–Trinajstić information content (AvgIpc) is 3.46. The third kappa shape index (κ3) is 3.59. The minimum Gasteiger partial charge on any atom is -0.381 e. The minimum absolute atomic E-state index is 0.0771. The first-order chi connectivity index (χ1) is 18.1. The van der Waals surface area contributed by atoms with Crippen LogP contribution in [0, 0.1) is 19.8 Å². The van der Waals surface area contributed by atoms with Gasteiger partial charge in [0.05, 0.1) is 40.8 Å². The van der Waals surface area contributed by atoms with Crippen LogP contribution >= 0.6 is 0 Å². The maximum Gasteiger partial charge on any atom is 0.237 e. The standard InChI is InChI=1S/C28H34N8O/c1-17-25(18(2)36(34-17)20-8-11-30-12-9-20)22-14-24(28-10-13-37-16-19(28)15-28)33-27(32-22)35-23-7-5-4-6-21(23)31-26(35)29-3/h4-7,14,19-20,30H,8-13,15-16H2,1-3H3,(H,29,31)/t19?,28-/m0/s1. The van der Waals surface area contributed by atoms with Crippen molar-refractivity contribution in [1.82, 2.24) is 34.6 Å². The second kappa shape index (κ2) is 8.63. The Hall–Kier alpha value is -3.30. The molecule has 37 heavy (non-hydrogen) atoms. The van der Waals surface area contributed by atoms with E-state index < -0.39 is 0 Å². The highest BCUT2D eigenvalue weighted by atomic mass is 16.5. The van der Waals surface area contributed by atoms with Crippen molar-refractivity contribution in [3.8, 4) is 17.2 Å². The number of imidazole rings is 1. The number of benzene rings is 1. The second-order valence-corrected chi connectivity index (χ2v) is 10.8. The lowest BCUT2D eigenvalue weighted by Gasteiger charge is -2.24. The molecule has 2 saturated heterocycles. The van der Waals surface area contributed by atoms with E-state index in [0.29, 0.717) is 17.9 Å². The van der Waals surface area contributed by atoms with E-state index in [4.69, 9.17) is 24.8 Å². The lowest BCUT2D eigenvalue weighted by molar-refractivity contribution is 0.0794. The van der Waals surface area contributed by atoms with Crippen LogP contribution in [0.2, 0.25) is 0 Å². The van der Waals surface area contributed by atoms with Gasteiger partial charge in [-0.3, -0.25) is 4.68 Å². The van der Waals surface area contributed by atoms with Crippen molar-refractivity contribution in [1.29, 1.82) is 0 Å². The summed E-state index contributed by atoms with van der Waals surface area (Å²) in [6.07, 6.45) is 4.32. The SMILES string of the molecule is CNc1nc2ccccc2n1-c1nc(-c2c(C)nn(C3CCNCC3)c2C)cc([C@]23CCOCC2C3)n1. The monoisotopic (exact) mass is 498 g/mol. The number of hydrogen-bond acceptors (Lipinski definition) is 7. The molecule has 2 N–H and O–H groups in total. The molecule has 0 spiro atoms. The summed E-state index contributed by atoms with van der Waals surface area (Å²) in [5, 5.41) is 11.8. The molecule has 7 rings (SSSR count). The minimum atomic E-state index is 0.0771. The molecular weight excluding hydrogens is 464 g/mol. The number of rotatable bonds is 5. The van der Waals surface area contributed by atoms with Crippen molar-refractivity contribution < 1.29 is 4.74 Å². The van der Waals surface area contributed by atoms with E-state index in [9.17, 15) is 0 Å². The first kappa shape index (κ1) is 22.9. The Morgan fingerprint density at radius 1 is 1.11 bits per heavy atom. The van der Waals surface area contributed by atoms with Gasteiger partial charge in [0.2, 0.25) is 11.9 Å². The van der Waals surface area contributed by atoms with Crippen LogP contribution in [0.3, 0.4) is 0 Å². The topological polar surface area (TPSA) is 94.7 Å². The number of anilines is 1. The van der Waals surface area contributed by atoms with E-state index in [1.807, 2.05) is 25.2 Å². The third-order valence-corrected chi connectivity index (χ3v) is 8.69. The summed E-state index contributed by atoms with van der Waals surface area (Å²) in [5.41, 5.74) is 7.38. The molecule has 9 heteroatoms. The molecule has 2 atom stereocenters. The first-order valence-corrected chi connectivity index (χ1v) is 13.5. The zero-order valence-corrected chi connectivity index (χ0v) is 21.8. The molecule has 1 aliphatic carbocycles. The van der Waals surface area contributed by atoms with Gasteiger partial charge >= 0.3 is 0 Å². The van der Waals surface area contributed by atoms with Crippen molar-refractivity contribution in [2.24, 2.45) is 5.92 Å². The van der Waals surface area contributed by atoms with Gasteiger partial charge in [-0.15, -0.1) is 0 Å². The fourth-order valence-corrected chi connectivity index (χ4v) is 6.58. The summed E-state index contributed by atoms with van der Waals surface area (Å²) in [5.74, 6) is 1.92. The Morgan fingerprint density at radius 2 is 1.95 bits per heavy atom. The molecule has 4 aromatic rings. The number of aromatic nitrogens is 6. The van der Waals surface area contributed by atoms with Crippen molar-refractivity contribution >= 4 is 17.0 Å². The van der Waals surface area contributed by atoms with Gasteiger partial charge in [0.25, 0.3) is 0 Å². The van der Waals surface area contributed by atoms with Crippen LogP contribution in [0.1, 0.15) is 48.8 Å². The van der Waals surface area contributed by atoms with Crippen LogP contribution in [0.25, 0.3) is 28.2 Å². The zero-order chi connectivity index (χ0) is 25.1. The maximum atomic E-state index is 5.80. The quantitative estimate of drug-likeness (QED) is 0.430. The summed E-state index contributed by atoms with van der Waals surface area (Å²) < 4.78 is 10.1. The van der Waals surface area contributed by atoms with Gasteiger partial charge in [-0.1, -0.05) is 12.1 Å². The van der Waals surface area contributed by atoms with Crippen molar-refractivity contribution in [2.45, 2.75) is 51.0 Å². The van der Waals surface area contributed by atoms with Crippen LogP contribution < -0.4 is 10.6 Å². The second-order valence-electron chi connectivity index (χ2n) is 10.8. The van der Waals surface area contributed by atoms with E-state index >= 15 is 0 Å². The van der Waals surface area contributed by atoms with Gasteiger partial charge in [-0.2, -0.15) is 5.10 Å². The summed E-state index contributed by atoms with van der Waals surface area (Å²) in [6.45, 7) is 7.97. The summed E-state index contributed by atoms with van der Waals surface area (Å²) in [6, 6.07) is 10.8. The van der Waals surface area contributed by atoms with E-state index in [1.165, 1.54) is 5.69 Å². The lowest BCUT2D eigenvalue weighted by atomic mass is 9.92. The summed E-state index contributed by atoms with van der Waals surface area (Å²) in [4.78, 5) is 15.2. The molecule has 0 bridgehead atoms. The molecule has 1 unspecified atom stereocenters. The highest BCUT2D eigenvalue weighted by Crippen LogP contribution is 2.58. The molecule has 5 heterocycles. The van der Waals surface area contributed by atoms with Crippen LogP contribution in [0.15, 0.2) is 30.3 Å². The molecule has 3 aliphatic rings. The van der Waals surface area contributed by atoms with Crippen LogP contribution in [-0.4, -0.2) is 62.7 Å². The maximum absolute atomic E-state index is 5.80. The molecule has 2 aliphatic heterocycles. The number of para-hydroxylation sites is 2. The fourth-order valence-electron chi connectivity index (χ4n) is 6.58. The van der Waals surface area contributed by atoms with Crippen LogP contribution in [-0.2, 0) is 10.2 Å². The number of hydrogen-bond donors (Lipinski definition) is 2. The number of fused-ring (bicyclic) bond motifs is 2. The normalized spacial score (nSPS) is 23.8. The van der Waals surface area contributed by atoms with E-state index in [1.54, 1.807) is 0 Å². The van der Waals surface area contributed by atoms with Crippen molar-refractivity contribution in [3.63, 3.8) is 0 Å². The van der Waals surface area contributed by atoms with Gasteiger partial charge < -0.3 is 15.4 Å². The molecule has 3 aromatic heterocycles. The predicted octanol–water partition coefficient (Wildman–Crippen LogP) is 3.94. The largest absolute Gasteiger partial charge is 0.381 e. The number of nitrogens with zero attached hydrogens (tertiary/aromatic N) is 6. The molecular formula is C28H34N8O. The highest BCUT2D eigenvalue weighted by Gasteiger charge is 2.58. The number of ether oxygens (including phenoxy) is 1. The van der Waals surface area contributed by atoms with Crippen molar-refractivity contribution in [2.75, 3.05) is 38.7 Å². The fraction of sp³-hybridized carbons (Fsp3) is 0.500. The molecule has 1 saturated carbocycles. The van der Waals surface area contributed by atoms with Gasteiger partial charge in [-0.05, 0) is 76.7 Å². The smallest absolute Gasteiger partial charge is 0.237 e. The first-order valence-electron chi connectivity index (χ1n) is 13.5. The summed E-state index contributed by atoms with van der Waals surface area (Å²) in [7, 11) is 1.90. The molecule has 3 fully saturated rings. The Morgan fingerprint density at radius 3 is 2.76 bits per heavy atom. The van der Waals surface area contributed by atoms with E-state index in [0.717, 1.165) is 91.6 Å². The van der Waals surface area contributed by atoms with E-state index in [2.05, 4.69) is 45.9 Å². The van der Waals surface area contributed by atoms with Gasteiger partial charge in [0.15, 0.2) is 0 Å². The van der Waals surface area contributed by atoms with Gasteiger partial charge in [0, 0.05) is 30.3 Å². The van der Waals surface area contributed by atoms with Crippen LogP contribution in [0.5, 0.6) is 0 Å². The Balaban J connectivity index is 1.43. The Labute approximate surface area is 216 Å². The number of nitrogens with one attached hydrogen (secondary N) is 2. The number of aryl methyl sites for hydroxylation is 1. The molecule has 192 valence electrons. The Kier molecular flexibility index (Phi) is 5.33. The van der Waals surface area contributed by atoms with Gasteiger partial charge in [-0.25, -0.2) is 19.5 Å². The molecule has 0 radical (unpaired) electrons. The lowest BCUT2D eigenvalue weighted by Crippen LogP contribution is -2.30. The van der Waals surface area contributed by atoms with E-state index in [-0.39, 0.29) is 5.41 Å². The molecule has 0 amide bonds. The van der Waals surface area contributed by atoms with Gasteiger partial charge in [0.1, 0.15) is 0 Å². The van der Waals surface area contributed by atoms with Crippen molar-refractivity contribution in [3.05, 3.63) is 47.4 Å². The Bertz CT molecular complexity index is 1480. The predicted molar refractivity (Wildman–Crippen MR) is 143 cm³/mol.